The average Bonchev–Trinajstić information content (AvgIpc) is 3.16. The van der Waals surface area contributed by atoms with Crippen molar-refractivity contribution in [3.05, 3.63) is 65.0 Å². The van der Waals surface area contributed by atoms with Gasteiger partial charge in [0.1, 0.15) is 11.4 Å². The van der Waals surface area contributed by atoms with Crippen molar-refractivity contribution in [1.29, 1.82) is 0 Å². The fourth-order valence-corrected chi connectivity index (χ4v) is 7.39. The number of anilines is 1. The van der Waals surface area contributed by atoms with Crippen molar-refractivity contribution in [2.45, 2.75) is 68.5 Å². The van der Waals surface area contributed by atoms with Gasteiger partial charge in [-0.3, -0.25) is 9.69 Å². The summed E-state index contributed by atoms with van der Waals surface area (Å²) in [5, 5.41) is 10.2. The van der Waals surface area contributed by atoms with Gasteiger partial charge in [0.2, 0.25) is 5.91 Å². The number of nitrogens with zero attached hydrogens (tertiary/aromatic N) is 3. The molecule has 2 saturated heterocycles. The van der Waals surface area contributed by atoms with Gasteiger partial charge in [0, 0.05) is 37.9 Å². The molecular weight excluding hydrogens is 455 g/mol. The largest absolute Gasteiger partial charge is 0.390 e. The number of halogens is 1. The van der Waals surface area contributed by atoms with Gasteiger partial charge < -0.3 is 20.6 Å². The van der Waals surface area contributed by atoms with Gasteiger partial charge in [-0.15, -0.1) is 0 Å². The fraction of sp³-hybridized carbons (Fsp3) is 0.552. The number of piperidine rings is 1. The van der Waals surface area contributed by atoms with Crippen molar-refractivity contribution in [3.63, 3.8) is 0 Å². The zero-order valence-corrected chi connectivity index (χ0v) is 20.9. The highest BCUT2D eigenvalue weighted by atomic mass is 19.1. The second-order valence-corrected chi connectivity index (χ2v) is 11.1. The van der Waals surface area contributed by atoms with Gasteiger partial charge in [-0.25, -0.2) is 4.39 Å². The Morgan fingerprint density at radius 1 is 1.08 bits per heavy atom. The molecule has 6 rings (SSSR count). The van der Waals surface area contributed by atoms with Crippen LogP contribution in [0.4, 0.5) is 10.1 Å². The summed E-state index contributed by atoms with van der Waals surface area (Å²) in [6.45, 7) is 2.41. The molecule has 36 heavy (non-hydrogen) atoms. The summed E-state index contributed by atoms with van der Waals surface area (Å²) in [5.74, 6) is 0.482. The second kappa shape index (κ2) is 9.43. The molecule has 6 nitrogen and oxygen atoms in total. The molecule has 1 spiro atoms. The number of hydrogen-bond acceptors (Lipinski definition) is 5. The summed E-state index contributed by atoms with van der Waals surface area (Å²) in [5.41, 5.74) is 10.5. The van der Waals surface area contributed by atoms with Crippen LogP contribution >= 0.6 is 0 Å². The maximum Gasteiger partial charge on any atom is 0.250 e. The van der Waals surface area contributed by atoms with E-state index in [-0.39, 0.29) is 24.8 Å². The van der Waals surface area contributed by atoms with E-state index >= 15 is 0 Å². The SMILES string of the molecule is NC[C@H](O)CN1CN(c2ccc(F)cc2)C2(CCN(C3CCC4CCCc5cccc3c54)CC2)C1=O. The molecule has 2 aromatic rings. The number of amides is 1. The molecule has 0 bridgehead atoms. The predicted octanol–water partition coefficient (Wildman–Crippen LogP) is 3.54. The molecule has 0 radical (unpaired) electrons. The highest BCUT2D eigenvalue weighted by Crippen LogP contribution is 2.48. The van der Waals surface area contributed by atoms with Crippen molar-refractivity contribution in [3.8, 4) is 0 Å². The number of benzene rings is 2. The minimum Gasteiger partial charge on any atom is -0.390 e. The predicted molar refractivity (Wildman–Crippen MR) is 138 cm³/mol. The minimum atomic E-state index is -0.751. The molecule has 2 heterocycles. The highest BCUT2D eigenvalue weighted by Gasteiger charge is 2.54. The lowest BCUT2D eigenvalue weighted by Crippen LogP contribution is -2.57. The molecule has 2 aromatic carbocycles. The summed E-state index contributed by atoms with van der Waals surface area (Å²) in [7, 11) is 0. The van der Waals surface area contributed by atoms with Crippen LogP contribution in [0.1, 0.15) is 67.2 Å². The Morgan fingerprint density at radius 2 is 1.86 bits per heavy atom. The van der Waals surface area contributed by atoms with Crippen molar-refractivity contribution in [2.24, 2.45) is 5.73 Å². The van der Waals surface area contributed by atoms with E-state index in [1.54, 1.807) is 28.2 Å². The molecule has 2 unspecified atom stereocenters. The Kier molecular flexibility index (Phi) is 6.26. The lowest BCUT2D eigenvalue weighted by atomic mass is 9.71. The Balaban J connectivity index is 1.26. The minimum absolute atomic E-state index is 0.0553. The Bertz CT molecular complexity index is 1110. The highest BCUT2D eigenvalue weighted by molar-refractivity contribution is 5.93. The standard InChI is InChI=1S/C29H37FN4O2/c30-22-8-10-23(11-9-22)34-19-33(18-24(35)17-31)28(36)29(34)13-15-32(16-14-29)26-12-7-21-4-1-3-20-5-2-6-25(26)27(20)21/h2,5-6,8-11,21,24,26,35H,1,3-4,7,12-19,31H2/t21?,24-,26?/m0/s1. The number of rotatable bonds is 5. The van der Waals surface area contributed by atoms with E-state index in [0.717, 1.165) is 18.8 Å². The number of aryl methyl sites for hydroxylation is 1. The maximum absolute atomic E-state index is 13.8. The number of aliphatic hydroxyl groups is 1. The van der Waals surface area contributed by atoms with E-state index in [1.165, 1.54) is 49.8 Å². The summed E-state index contributed by atoms with van der Waals surface area (Å²) in [4.78, 5) is 20.3. The molecule has 3 atom stereocenters. The number of aliphatic hydroxyl groups excluding tert-OH is 1. The lowest BCUT2D eigenvalue weighted by molar-refractivity contribution is -0.135. The van der Waals surface area contributed by atoms with Crippen LogP contribution in [-0.4, -0.2) is 65.3 Å². The van der Waals surface area contributed by atoms with Crippen LogP contribution < -0.4 is 10.6 Å². The molecule has 7 heteroatoms. The molecule has 2 aliphatic carbocycles. The first-order valence-electron chi connectivity index (χ1n) is 13.6. The molecule has 0 aromatic heterocycles. The fourth-order valence-electron chi connectivity index (χ4n) is 7.39. The van der Waals surface area contributed by atoms with Gasteiger partial charge in [0.05, 0.1) is 12.8 Å². The third kappa shape index (κ3) is 3.92. The molecule has 0 saturated carbocycles. The maximum atomic E-state index is 13.8. The molecule has 192 valence electrons. The average molecular weight is 493 g/mol. The summed E-state index contributed by atoms with van der Waals surface area (Å²) in [6, 6.07) is 13.7. The molecule has 2 aliphatic heterocycles. The zero-order valence-electron chi connectivity index (χ0n) is 20.9. The van der Waals surface area contributed by atoms with E-state index in [2.05, 4.69) is 28.0 Å². The van der Waals surface area contributed by atoms with Crippen molar-refractivity contribution in [2.75, 3.05) is 37.7 Å². The van der Waals surface area contributed by atoms with Crippen LogP contribution in [0.5, 0.6) is 0 Å². The summed E-state index contributed by atoms with van der Waals surface area (Å²) >= 11 is 0. The van der Waals surface area contributed by atoms with Gasteiger partial charge in [0.15, 0.2) is 0 Å². The number of likely N-dealkylation sites (tertiary alicyclic amines) is 1. The normalized spacial score (nSPS) is 26.4. The quantitative estimate of drug-likeness (QED) is 0.668. The first-order valence-corrected chi connectivity index (χ1v) is 13.6. The smallest absolute Gasteiger partial charge is 0.250 e. The van der Waals surface area contributed by atoms with Gasteiger partial charge in [-0.05, 0) is 91.8 Å². The van der Waals surface area contributed by atoms with Crippen LogP contribution in [0.15, 0.2) is 42.5 Å². The Morgan fingerprint density at radius 3 is 2.61 bits per heavy atom. The molecule has 4 aliphatic rings. The summed E-state index contributed by atoms with van der Waals surface area (Å²) < 4.78 is 13.7. The van der Waals surface area contributed by atoms with Crippen LogP contribution in [0.25, 0.3) is 0 Å². The molecule has 2 fully saturated rings. The lowest BCUT2D eigenvalue weighted by Gasteiger charge is -2.47. The van der Waals surface area contributed by atoms with E-state index in [4.69, 9.17) is 5.73 Å². The van der Waals surface area contributed by atoms with E-state index in [0.29, 0.717) is 31.5 Å². The third-order valence-electron chi connectivity index (χ3n) is 9.21. The van der Waals surface area contributed by atoms with Crippen LogP contribution in [0.2, 0.25) is 0 Å². The van der Waals surface area contributed by atoms with Gasteiger partial charge in [0.25, 0.3) is 0 Å². The van der Waals surface area contributed by atoms with Crippen LogP contribution in [0, 0.1) is 5.82 Å². The zero-order chi connectivity index (χ0) is 24.9. The third-order valence-corrected chi connectivity index (χ3v) is 9.21. The van der Waals surface area contributed by atoms with Crippen molar-refractivity contribution in [1.82, 2.24) is 9.80 Å². The summed E-state index contributed by atoms with van der Waals surface area (Å²) in [6.07, 6.45) is 6.92. The number of carbonyl (C=O) groups excluding carboxylic acids is 1. The number of β-amino-alcohol motifs (C(OH)–C–C–N with tert-alkyl or cyclic N) is 1. The molecule has 3 N–H and O–H groups in total. The topological polar surface area (TPSA) is 73.0 Å². The first kappa shape index (κ1) is 23.9. The van der Waals surface area contributed by atoms with E-state index in [9.17, 15) is 14.3 Å². The number of carbonyl (C=O) groups is 1. The Hall–Kier alpha value is -2.48. The van der Waals surface area contributed by atoms with Crippen LogP contribution in [0.3, 0.4) is 0 Å². The monoisotopic (exact) mass is 492 g/mol. The number of hydrogen-bond donors (Lipinski definition) is 2. The number of nitrogens with two attached hydrogens (primary N) is 1. The van der Waals surface area contributed by atoms with Crippen molar-refractivity contribution >= 4 is 11.6 Å². The first-order chi connectivity index (χ1) is 17.5. The second-order valence-electron chi connectivity index (χ2n) is 11.1. The van der Waals surface area contributed by atoms with E-state index in [1.807, 2.05) is 0 Å². The van der Waals surface area contributed by atoms with Gasteiger partial charge >= 0.3 is 0 Å². The Labute approximate surface area is 212 Å². The van der Waals surface area contributed by atoms with Crippen LogP contribution in [-0.2, 0) is 11.2 Å². The van der Waals surface area contributed by atoms with Gasteiger partial charge in [-0.2, -0.15) is 0 Å². The van der Waals surface area contributed by atoms with Crippen molar-refractivity contribution < 1.29 is 14.3 Å². The van der Waals surface area contributed by atoms with E-state index < -0.39 is 11.6 Å². The van der Waals surface area contributed by atoms with Gasteiger partial charge in [-0.1, -0.05) is 18.2 Å². The molecule has 1 amide bonds. The molecular formula is C29H37FN4O2.